The first kappa shape index (κ1) is 19.0. The van der Waals surface area contributed by atoms with Crippen LogP contribution in [0.3, 0.4) is 0 Å². The maximum Gasteiger partial charge on any atom is 0.0573 e. The lowest BCUT2D eigenvalue weighted by atomic mass is 10.0. The van der Waals surface area contributed by atoms with E-state index in [1.54, 1.807) is 11.9 Å². The molecule has 3 heteroatoms. The van der Waals surface area contributed by atoms with Crippen LogP contribution in [0.25, 0.3) is 0 Å². The van der Waals surface area contributed by atoms with E-state index >= 15 is 0 Å². The van der Waals surface area contributed by atoms with Gasteiger partial charge in [-0.2, -0.15) is 0 Å². The molecule has 0 fully saturated rings. The van der Waals surface area contributed by atoms with Gasteiger partial charge in [0.1, 0.15) is 0 Å². The lowest BCUT2D eigenvalue weighted by Gasteiger charge is -2.10. The highest BCUT2D eigenvalue weighted by atomic mass is 32.2. The molecule has 0 aromatic heterocycles. The summed E-state index contributed by atoms with van der Waals surface area (Å²) in [7, 11) is 0. The monoisotopic (exact) mass is 370 g/mol. The van der Waals surface area contributed by atoms with Gasteiger partial charge in [-0.05, 0) is 72.5 Å². The summed E-state index contributed by atoms with van der Waals surface area (Å²) in [6, 6.07) is 18.3. The molecule has 1 heterocycles. The number of allylic oxidation sites excluding steroid dienone is 3. The lowest BCUT2D eigenvalue weighted by molar-refractivity contribution is 1.06. The lowest BCUT2D eigenvalue weighted by Crippen LogP contribution is -2.10. The molecule has 0 aliphatic carbocycles. The van der Waals surface area contributed by atoms with Crippen molar-refractivity contribution in [3.05, 3.63) is 101 Å². The fraction of sp³-hybridized carbons (Fsp3) is 0.125. The summed E-state index contributed by atoms with van der Waals surface area (Å²) in [4.78, 5) is 5.47. The predicted molar refractivity (Wildman–Crippen MR) is 117 cm³/mol. The van der Waals surface area contributed by atoms with Crippen LogP contribution in [0.5, 0.6) is 0 Å². The van der Waals surface area contributed by atoms with E-state index in [0.717, 1.165) is 29.1 Å². The quantitative estimate of drug-likeness (QED) is 0.591. The van der Waals surface area contributed by atoms with Crippen LogP contribution in [-0.4, -0.2) is 19.3 Å². The van der Waals surface area contributed by atoms with E-state index in [9.17, 15) is 0 Å². The number of hydrogen-bond donors (Lipinski definition) is 1. The van der Waals surface area contributed by atoms with Gasteiger partial charge in [-0.1, -0.05) is 48.3 Å². The van der Waals surface area contributed by atoms with E-state index in [2.05, 4.69) is 77.0 Å². The minimum atomic E-state index is 0.739. The van der Waals surface area contributed by atoms with Crippen molar-refractivity contribution in [3.8, 4) is 11.8 Å². The SMILES string of the molecule is C/C=C1\C=C/CN=C/C=C\1CNSc1ccc(C#Cc2ccccc2)cc1. The van der Waals surface area contributed by atoms with Gasteiger partial charge in [-0.3, -0.25) is 9.71 Å². The van der Waals surface area contributed by atoms with E-state index in [1.165, 1.54) is 11.1 Å². The first-order valence-corrected chi connectivity index (χ1v) is 9.76. The van der Waals surface area contributed by atoms with Crippen molar-refractivity contribution in [2.45, 2.75) is 11.8 Å². The van der Waals surface area contributed by atoms with Gasteiger partial charge < -0.3 is 0 Å². The summed E-state index contributed by atoms with van der Waals surface area (Å²) < 4.78 is 3.44. The van der Waals surface area contributed by atoms with Crippen LogP contribution in [0.2, 0.25) is 0 Å². The maximum atomic E-state index is 4.30. The van der Waals surface area contributed by atoms with Gasteiger partial charge in [-0.15, -0.1) is 0 Å². The van der Waals surface area contributed by atoms with Crippen LogP contribution in [0.15, 0.2) is 99.9 Å². The average molecular weight is 371 g/mol. The van der Waals surface area contributed by atoms with Gasteiger partial charge in [0.25, 0.3) is 0 Å². The Kier molecular flexibility index (Phi) is 7.29. The first-order chi connectivity index (χ1) is 13.3. The van der Waals surface area contributed by atoms with Crippen LogP contribution in [0, 0.1) is 11.8 Å². The average Bonchev–Trinajstić information content (AvgIpc) is 2.70. The van der Waals surface area contributed by atoms with Crippen LogP contribution >= 0.6 is 11.9 Å². The third-order valence-corrected chi connectivity index (χ3v) is 4.80. The Morgan fingerprint density at radius 2 is 1.78 bits per heavy atom. The number of hydrogen-bond acceptors (Lipinski definition) is 3. The van der Waals surface area contributed by atoms with Gasteiger partial charge in [0.2, 0.25) is 0 Å². The second-order valence-corrected chi connectivity index (χ2v) is 6.88. The second-order valence-electron chi connectivity index (χ2n) is 5.92. The van der Waals surface area contributed by atoms with Gasteiger partial charge in [0, 0.05) is 28.8 Å². The maximum absolute atomic E-state index is 4.30. The third kappa shape index (κ3) is 6.14. The minimum Gasteiger partial charge on any atom is -0.289 e. The van der Waals surface area contributed by atoms with Crippen LogP contribution < -0.4 is 4.72 Å². The molecule has 3 rings (SSSR count). The molecule has 0 saturated carbocycles. The molecule has 0 radical (unpaired) electrons. The molecule has 0 amide bonds. The molecule has 0 spiro atoms. The molecule has 1 aliphatic heterocycles. The van der Waals surface area contributed by atoms with Gasteiger partial charge in [0.05, 0.1) is 6.54 Å². The fourth-order valence-electron chi connectivity index (χ4n) is 2.56. The zero-order valence-electron chi connectivity index (χ0n) is 15.4. The molecule has 2 nitrogen and oxygen atoms in total. The third-order valence-electron chi connectivity index (χ3n) is 4.00. The molecule has 2 aromatic rings. The van der Waals surface area contributed by atoms with Crippen molar-refractivity contribution < 1.29 is 0 Å². The van der Waals surface area contributed by atoms with Crippen LogP contribution in [0.4, 0.5) is 0 Å². The van der Waals surface area contributed by atoms with E-state index < -0.39 is 0 Å². The summed E-state index contributed by atoms with van der Waals surface area (Å²) >= 11 is 1.63. The molecule has 27 heavy (non-hydrogen) atoms. The Labute approximate surface area is 165 Å². The number of aliphatic imine (C=N–C) groups is 1. The summed E-state index contributed by atoms with van der Waals surface area (Å²) in [5.74, 6) is 6.39. The van der Waals surface area contributed by atoms with Gasteiger partial charge in [-0.25, -0.2) is 0 Å². The molecule has 0 atom stereocenters. The van der Waals surface area contributed by atoms with Crippen molar-refractivity contribution in [3.63, 3.8) is 0 Å². The molecule has 2 aromatic carbocycles. The van der Waals surface area contributed by atoms with Crippen molar-refractivity contribution >= 4 is 18.2 Å². The molecule has 134 valence electrons. The summed E-state index contributed by atoms with van der Waals surface area (Å²) in [6.07, 6.45) is 10.3. The largest absolute Gasteiger partial charge is 0.289 e. The standard InChI is InChI=1S/C24H22N2S/c1-2-22-9-6-17-25-18-16-23(22)19-26-27-24-14-12-21(13-15-24)11-10-20-7-4-3-5-8-20/h2-9,12-16,18,26H,17,19H2,1H3/b9-6-,22-2+,23-16-,25-18?. The Bertz CT molecular complexity index is 924. The number of nitrogens with one attached hydrogen (secondary N) is 1. The summed E-state index contributed by atoms with van der Waals surface area (Å²) in [5.41, 5.74) is 4.52. The molecule has 0 unspecified atom stereocenters. The van der Waals surface area contributed by atoms with E-state index in [-0.39, 0.29) is 0 Å². The normalized spacial score (nSPS) is 18.0. The van der Waals surface area contributed by atoms with Gasteiger partial charge in [0.15, 0.2) is 0 Å². The molecule has 0 saturated heterocycles. The molecule has 1 aliphatic rings. The highest BCUT2D eigenvalue weighted by molar-refractivity contribution is 7.97. The minimum absolute atomic E-state index is 0.739. The summed E-state index contributed by atoms with van der Waals surface area (Å²) in [6.45, 7) is 3.58. The smallest absolute Gasteiger partial charge is 0.0573 e. The van der Waals surface area contributed by atoms with Crippen LogP contribution in [-0.2, 0) is 0 Å². The Morgan fingerprint density at radius 3 is 2.52 bits per heavy atom. The van der Waals surface area contributed by atoms with Crippen molar-refractivity contribution in [2.24, 2.45) is 4.99 Å². The van der Waals surface area contributed by atoms with Crippen LogP contribution in [0.1, 0.15) is 18.1 Å². The number of rotatable bonds is 4. The summed E-state index contributed by atoms with van der Waals surface area (Å²) in [5, 5.41) is 0. The van der Waals surface area contributed by atoms with Crippen molar-refractivity contribution in [2.75, 3.05) is 13.1 Å². The fourth-order valence-corrected chi connectivity index (χ4v) is 3.23. The zero-order valence-corrected chi connectivity index (χ0v) is 16.2. The molecule has 0 bridgehead atoms. The second kappa shape index (κ2) is 10.4. The zero-order chi connectivity index (χ0) is 18.7. The Hall–Kier alpha value is -2.80. The molecule has 1 N–H and O–H groups in total. The Balaban J connectivity index is 1.56. The Morgan fingerprint density at radius 1 is 1.04 bits per heavy atom. The van der Waals surface area contributed by atoms with Gasteiger partial charge >= 0.3 is 0 Å². The highest BCUT2D eigenvalue weighted by Crippen LogP contribution is 2.18. The molecular formula is C24H22N2S. The van der Waals surface area contributed by atoms with E-state index in [4.69, 9.17) is 0 Å². The highest BCUT2D eigenvalue weighted by Gasteiger charge is 2.03. The van der Waals surface area contributed by atoms with Crippen molar-refractivity contribution in [1.82, 2.24) is 4.72 Å². The van der Waals surface area contributed by atoms with Crippen molar-refractivity contribution in [1.29, 1.82) is 0 Å². The predicted octanol–water partition coefficient (Wildman–Crippen LogP) is 5.20. The van der Waals surface area contributed by atoms with E-state index in [0.29, 0.717) is 0 Å². The van der Waals surface area contributed by atoms with E-state index in [1.807, 2.05) is 36.5 Å². The first-order valence-electron chi connectivity index (χ1n) is 8.94. The number of nitrogens with zero attached hydrogens (tertiary/aromatic N) is 1. The number of benzene rings is 2. The topological polar surface area (TPSA) is 24.4 Å². The molecular weight excluding hydrogens is 348 g/mol.